The SMILES string of the molecule is CC1(C)Cc2ncccc2[C@H]1N. The third kappa shape index (κ3) is 0.950. The molecule has 64 valence electrons. The van der Waals surface area contributed by atoms with Crippen LogP contribution in [0.15, 0.2) is 18.3 Å². The second kappa shape index (κ2) is 2.30. The lowest BCUT2D eigenvalue weighted by Gasteiger charge is -2.22. The molecule has 1 aromatic rings. The second-order valence-corrected chi connectivity index (χ2v) is 4.18. The van der Waals surface area contributed by atoms with Crippen molar-refractivity contribution in [2.24, 2.45) is 11.1 Å². The maximum Gasteiger partial charge on any atom is 0.0457 e. The molecule has 0 saturated heterocycles. The molecule has 12 heavy (non-hydrogen) atoms. The fourth-order valence-corrected chi connectivity index (χ4v) is 1.84. The summed E-state index contributed by atoms with van der Waals surface area (Å²) in [7, 11) is 0. The van der Waals surface area contributed by atoms with Gasteiger partial charge < -0.3 is 5.73 Å². The van der Waals surface area contributed by atoms with Crippen LogP contribution in [0.3, 0.4) is 0 Å². The van der Waals surface area contributed by atoms with E-state index in [0.29, 0.717) is 0 Å². The molecule has 2 heteroatoms. The van der Waals surface area contributed by atoms with Crippen LogP contribution in [0.2, 0.25) is 0 Å². The number of nitrogens with zero attached hydrogens (tertiary/aromatic N) is 1. The van der Waals surface area contributed by atoms with E-state index in [1.165, 1.54) is 11.3 Å². The molecule has 2 N–H and O–H groups in total. The van der Waals surface area contributed by atoms with Crippen LogP contribution in [-0.4, -0.2) is 4.98 Å². The van der Waals surface area contributed by atoms with Crippen molar-refractivity contribution in [2.45, 2.75) is 26.3 Å². The summed E-state index contributed by atoms with van der Waals surface area (Å²) < 4.78 is 0. The lowest BCUT2D eigenvalue weighted by molar-refractivity contribution is 0.318. The van der Waals surface area contributed by atoms with E-state index in [9.17, 15) is 0 Å². The Morgan fingerprint density at radius 3 is 3.00 bits per heavy atom. The number of pyridine rings is 1. The zero-order chi connectivity index (χ0) is 8.77. The standard InChI is InChI=1S/C10H14N2/c1-10(2)6-8-7(9(10)11)4-3-5-12-8/h3-5,9H,6,11H2,1-2H3/t9-/m1/s1. The van der Waals surface area contributed by atoms with Crippen molar-refractivity contribution < 1.29 is 0 Å². The van der Waals surface area contributed by atoms with E-state index in [1.807, 2.05) is 12.3 Å². The van der Waals surface area contributed by atoms with Gasteiger partial charge in [-0.3, -0.25) is 4.98 Å². The summed E-state index contributed by atoms with van der Waals surface area (Å²) in [4.78, 5) is 4.33. The first-order chi connectivity index (χ1) is 5.61. The minimum Gasteiger partial charge on any atom is -0.323 e. The zero-order valence-corrected chi connectivity index (χ0v) is 7.54. The first kappa shape index (κ1) is 7.74. The summed E-state index contributed by atoms with van der Waals surface area (Å²) in [5.41, 5.74) is 8.66. The summed E-state index contributed by atoms with van der Waals surface area (Å²) in [6.45, 7) is 4.39. The largest absolute Gasteiger partial charge is 0.323 e. The van der Waals surface area contributed by atoms with Crippen molar-refractivity contribution in [1.29, 1.82) is 0 Å². The molecule has 1 aromatic heterocycles. The Labute approximate surface area is 72.8 Å². The van der Waals surface area contributed by atoms with E-state index in [1.54, 1.807) is 0 Å². The number of nitrogens with two attached hydrogens (primary N) is 1. The minimum absolute atomic E-state index is 0.154. The van der Waals surface area contributed by atoms with E-state index in [0.717, 1.165) is 6.42 Å². The van der Waals surface area contributed by atoms with Gasteiger partial charge in [0.15, 0.2) is 0 Å². The van der Waals surface area contributed by atoms with Crippen LogP contribution >= 0.6 is 0 Å². The first-order valence-electron chi connectivity index (χ1n) is 4.30. The van der Waals surface area contributed by atoms with Crippen LogP contribution in [-0.2, 0) is 6.42 Å². The van der Waals surface area contributed by atoms with Gasteiger partial charge in [0.25, 0.3) is 0 Å². The van der Waals surface area contributed by atoms with Crippen molar-refractivity contribution in [3.8, 4) is 0 Å². The average Bonchev–Trinajstić information content (AvgIpc) is 2.24. The van der Waals surface area contributed by atoms with E-state index < -0.39 is 0 Å². The molecule has 0 radical (unpaired) electrons. The fraction of sp³-hybridized carbons (Fsp3) is 0.500. The minimum atomic E-state index is 0.154. The molecular weight excluding hydrogens is 148 g/mol. The quantitative estimate of drug-likeness (QED) is 0.630. The average molecular weight is 162 g/mol. The molecular formula is C10H14N2. The first-order valence-corrected chi connectivity index (χ1v) is 4.30. The normalized spacial score (nSPS) is 25.4. The van der Waals surface area contributed by atoms with E-state index in [2.05, 4.69) is 24.9 Å². The molecule has 0 saturated carbocycles. The Hall–Kier alpha value is -0.890. The van der Waals surface area contributed by atoms with Crippen LogP contribution in [0, 0.1) is 5.41 Å². The maximum absolute atomic E-state index is 6.08. The third-order valence-electron chi connectivity index (χ3n) is 2.73. The zero-order valence-electron chi connectivity index (χ0n) is 7.54. The highest BCUT2D eigenvalue weighted by molar-refractivity contribution is 5.31. The van der Waals surface area contributed by atoms with Crippen LogP contribution in [0.25, 0.3) is 0 Å². The van der Waals surface area contributed by atoms with Gasteiger partial charge in [0.05, 0.1) is 0 Å². The predicted molar refractivity (Wildman–Crippen MR) is 48.7 cm³/mol. The summed E-state index contributed by atoms with van der Waals surface area (Å²) in [5, 5.41) is 0. The van der Waals surface area contributed by atoms with Gasteiger partial charge in [-0.05, 0) is 23.5 Å². The van der Waals surface area contributed by atoms with Gasteiger partial charge >= 0.3 is 0 Å². The van der Waals surface area contributed by atoms with Crippen LogP contribution in [0.1, 0.15) is 31.1 Å². The summed E-state index contributed by atoms with van der Waals surface area (Å²) in [6, 6.07) is 4.20. The number of hydrogen-bond acceptors (Lipinski definition) is 2. The van der Waals surface area contributed by atoms with Crippen LogP contribution in [0.4, 0.5) is 0 Å². The maximum atomic E-state index is 6.08. The van der Waals surface area contributed by atoms with Gasteiger partial charge in [0.1, 0.15) is 0 Å². The van der Waals surface area contributed by atoms with Crippen molar-refractivity contribution in [3.63, 3.8) is 0 Å². The van der Waals surface area contributed by atoms with Gasteiger partial charge in [-0.15, -0.1) is 0 Å². The van der Waals surface area contributed by atoms with Crippen molar-refractivity contribution in [3.05, 3.63) is 29.6 Å². The molecule has 0 aliphatic heterocycles. The van der Waals surface area contributed by atoms with Gasteiger partial charge in [-0.25, -0.2) is 0 Å². The van der Waals surface area contributed by atoms with Crippen LogP contribution < -0.4 is 5.73 Å². The van der Waals surface area contributed by atoms with Gasteiger partial charge in [0, 0.05) is 17.9 Å². The Morgan fingerprint density at radius 2 is 2.33 bits per heavy atom. The van der Waals surface area contributed by atoms with Gasteiger partial charge in [-0.1, -0.05) is 19.9 Å². The summed E-state index contributed by atoms with van der Waals surface area (Å²) in [5.74, 6) is 0. The van der Waals surface area contributed by atoms with Gasteiger partial charge in [0.2, 0.25) is 0 Å². The number of rotatable bonds is 0. The molecule has 0 amide bonds. The highest BCUT2D eigenvalue weighted by Gasteiger charge is 2.36. The van der Waals surface area contributed by atoms with Crippen molar-refractivity contribution >= 4 is 0 Å². The van der Waals surface area contributed by atoms with Crippen molar-refractivity contribution in [2.75, 3.05) is 0 Å². The molecule has 2 nitrogen and oxygen atoms in total. The predicted octanol–water partition coefficient (Wildman–Crippen LogP) is 1.66. The lowest BCUT2D eigenvalue weighted by Crippen LogP contribution is -2.24. The van der Waals surface area contributed by atoms with E-state index in [4.69, 9.17) is 5.73 Å². The number of fused-ring (bicyclic) bond motifs is 1. The molecule has 1 aliphatic carbocycles. The lowest BCUT2D eigenvalue weighted by atomic mass is 9.86. The molecule has 1 heterocycles. The molecule has 2 rings (SSSR count). The number of hydrogen-bond donors (Lipinski definition) is 1. The Bertz CT molecular complexity index is 304. The Kier molecular flexibility index (Phi) is 1.48. The fourth-order valence-electron chi connectivity index (χ4n) is 1.84. The number of aromatic nitrogens is 1. The molecule has 1 atom stereocenters. The van der Waals surface area contributed by atoms with Crippen LogP contribution in [0.5, 0.6) is 0 Å². The monoisotopic (exact) mass is 162 g/mol. The summed E-state index contributed by atoms with van der Waals surface area (Å²) in [6.07, 6.45) is 2.84. The summed E-state index contributed by atoms with van der Waals surface area (Å²) >= 11 is 0. The molecule has 0 aromatic carbocycles. The van der Waals surface area contributed by atoms with Crippen molar-refractivity contribution in [1.82, 2.24) is 4.98 Å². The van der Waals surface area contributed by atoms with E-state index >= 15 is 0 Å². The topological polar surface area (TPSA) is 38.9 Å². The molecule has 0 spiro atoms. The molecule has 0 unspecified atom stereocenters. The molecule has 0 bridgehead atoms. The molecule has 1 aliphatic rings. The molecule has 0 fully saturated rings. The highest BCUT2D eigenvalue weighted by atomic mass is 14.8. The smallest absolute Gasteiger partial charge is 0.0457 e. The van der Waals surface area contributed by atoms with Gasteiger partial charge in [-0.2, -0.15) is 0 Å². The van der Waals surface area contributed by atoms with E-state index in [-0.39, 0.29) is 11.5 Å². The second-order valence-electron chi connectivity index (χ2n) is 4.18. The Balaban J connectivity index is 2.49. The Morgan fingerprint density at radius 1 is 1.58 bits per heavy atom. The highest BCUT2D eigenvalue weighted by Crippen LogP contribution is 2.42. The third-order valence-corrected chi connectivity index (χ3v) is 2.73.